The van der Waals surface area contributed by atoms with Crippen LogP contribution in [0.5, 0.6) is 11.5 Å². The number of nitrogens with zero attached hydrogens (tertiary/aromatic N) is 1. The Morgan fingerprint density at radius 2 is 1.88 bits per heavy atom. The van der Waals surface area contributed by atoms with Crippen LogP contribution in [-0.4, -0.2) is 64.9 Å². The Hall–Kier alpha value is -3.62. The maximum absolute atomic E-state index is 13.1. The van der Waals surface area contributed by atoms with Crippen molar-refractivity contribution in [3.63, 3.8) is 0 Å². The number of hydrogen-bond acceptors (Lipinski definition) is 7. The van der Waals surface area contributed by atoms with Crippen LogP contribution in [0.4, 0.5) is 0 Å². The predicted octanol–water partition coefficient (Wildman–Crippen LogP) is 2.78. The number of ether oxygens (including phenoxy) is 2. The second-order valence-corrected chi connectivity index (χ2v) is 7.27. The first kappa shape index (κ1) is 24.0. The molecule has 0 spiro atoms. The molecule has 0 radical (unpaired) electrons. The molecule has 2 aromatic rings. The molecule has 1 aliphatic heterocycles. The molecule has 2 aromatic carbocycles. The van der Waals surface area contributed by atoms with Crippen LogP contribution in [0, 0.1) is 0 Å². The molecule has 1 atom stereocenters. The first-order valence-electron chi connectivity index (χ1n) is 10.6. The van der Waals surface area contributed by atoms with Gasteiger partial charge >= 0.3 is 0 Å². The van der Waals surface area contributed by atoms with E-state index in [4.69, 9.17) is 14.6 Å². The Balaban J connectivity index is 1.97. The highest BCUT2D eigenvalue weighted by atomic mass is 16.5. The minimum absolute atomic E-state index is 0.0672. The summed E-state index contributed by atoms with van der Waals surface area (Å²) in [5.74, 6) is -1.71. The smallest absolute Gasteiger partial charge is 0.290 e. The average Bonchev–Trinajstić information content (AvgIpc) is 3.07. The highest BCUT2D eigenvalue weighted by Crippen LogP contribution is 2.40. The molecule has 0 aromatic heterocycles. The fourth-order valence-corrected chi connectivity index (χ4v) is 3.61. The summed E-state index contributed by atoms with van der Waals surface area (Å²) in [5.41, 5.74) is 1.22. The largest absolute Gasteiger partial charge is 0.504 e. The van der Waals surface area contributed by atoms with Gasteiger partial charge in [-0.1, -0.05) is 42.5 Å². The van der Waals surface area contributed by atoms with Gasteiger partial charge in [-0.3, -0.25) is 9.59 Å². The van der Waals surface area contributed by atoms with Crippen LogP contribution in [0.15, 0.2) is 65.9 Å². The maximum atomic E-state index is 13.1. The van der Waals surface area contributed by atoms with Gasteiger partial charge in [0.2, 0.25) is 0 Å². The van der Waals surface area contributed by atoms with Crippen LogP contribution in [0.2, 0.25) is 0 Å². The number of allylic oxidation sites excluding steroid dienone is 1. The number of aromatic hydroxyl groups is 1. The molecular formula is C25H27NO7. The third-order valence-electron chi connectivity index (χ3n) is 5.11. The summed E-state index contributed by atoms with van der Waals surface area (Å²) in [6.45, 7) is 2.21. The van der Waals surface area contributed by atoms with Crippen molar-refractivity contribution >= 4 is 17.8 Å². The van der Waals surface area contributed by atoms with Crippen LogP contribution in [0.25, 0.3) is 6.08 Å². The van der Waals surface area contributed by atoms with E-state index in [1.165, 1.54) is 17.0 Å². The Morgan fingerprint density at radius 3 is 2.58 bits per heavy atom. The van der Waals surface area contributed by atoms with E-state index in [0.29, 0.717) is 12.2 Å². The highest BCUT2D eigenvalue weighted by Gasteiger charge is 2.43. The van der Waals surface area contributed by atoms with Gasteiger partial charge in [0.25, 0.3) is 5.91 Å². The number of carbonyl (C=O) groups is 2. The summed E-state index contributed by atoms with van der Waals surface area (Å²) < 4.78 is 10.7. The minimum atomic E-state index is -0.900. The van der Waals surface area contributed by atoms with Crippen molar-refractivity contribution in [3.8, 4) is 11.5 Å². The van der Waals surface area contributed by atoms with Gasteiger partial charge in [0, 0.05) is 6.54 Å². The summed E-state index contributed by atoms with van der Waals surface area (Å²) in [7, 11) is 0. The van der Waals surface area contributed by atoms with Crippen LogP contribution in [0.1, 0.15) is 24.1 Å². The molecule has 0 saturated carbocycles. The minimum Gasteiger partial charge on any atom is -0.504 e. The van der Waals surface area contributed by atoms with E-state index in [-0.39, 0.29) is 43.4 Å². The standard InChI is InChI=1S/C25H27NO7/c1-2-33-21-16-18(9-11-19(21)28)23-22(20(29)10-8-17-6-4-3-5-7-17)24(30)25(31)26(23)12-14-32-15-13-27/h3-11,16,23,27-28,30H,2,12-15H2,1H3. The van der Waals surface area contributed by atoms with Gasteiger partial charge in [0.1, 0.15) is 0 Å². The quantitative estimate of drug-likeness (QED) is 0.354. The highest BCUT2D eigenvalue weighted by molar-refractivity contribution is 6.14. The van der Waals surface area contributed by atoms with Crippen molar-refractivity contribution in [2.45, 2.75) is 13.0 Å². The number of aliphatic hydroxyl groups excluding tert-OH is 2. The molecule has 3 N–H and O–H groups in total. The number of ketones is 1. The van der Waals surface area contributed by atoms with Gasteiger partial charge in [-0.2, -0.15) is 0 Å². The third-order valence-corrected chi connectivity index (χ3v) is 5.11. The Morgan fingerprint density at radius 1 is 1.12 bits per heavy atom. The normalized spacial score (nSPS) is 16.1. The maximum Gasteiger partial charge on any atom is 0.290 e. The lowest BCUT2D eigenvalue weighted by atomic mass is 9.95. The summed E-state index contributed by atoms with van der Waals surface area (Å²) in [6.07, 6.45) is 2.93. The predicted molar refractivity (Wildman–Crippen MR) is 122 cm³/mol. The van der Waals surface area contributed by atoms with E-state index in [0.717, 1.165) is 5.56 Å². The molecule has 33 heavy (non-hydrogen) atoms. The third kappa shape index (κ3) is 5.60. The average molecular weight is 453 g/mol. The van der Waals surface area contributed by atoms with Crippen LogP contribution in [-0.2, 0) is 14.3 Å². The first-order chi connectivity index (χ1) is 16.0. The molecule has 0 saturated heterocycles. The van der Waals surface area contributed by atoms with Crippen LogP contribution >= 0.6 is 0 Å². The van der Waals surface area contributed by atoms with Crippen molar-refractivity contribution in [1.29, 1.82) is 0 Å². The zero-order valence-corrected chi connectivity index (χ0v) is 18.3. The molecule has 1 amide bonds. The zero-order valence-electron chi connectivity index (χ0n) is 18.3. The zero-order chi connectivity index (χ0) is 23.8. The molecule has 1 heterocycles. The van der Waals surface area contributed by atoms with Crippen molar-refractivity contribution in [3.05, 3.63) is 77.1 Å². The lowest BCUT2D eigenvalue weighted by molar-refractivity contribution is -0.130. The van der Waals surface area contributed by atoms with Crippen LogP contribution < -0.4 is 4.74 Å². The fourth-order valence-electron chi connectivity index (χ4n) is 3.61. The Bertz CT molecular complexity index is 1050. The van der Waals surface area contributed by atoms with E-state index >= 15 is 0 Å². The monoisotopic (exact) mass is 453 g/mol. The Labute approximate surface area is 192 Å². The molecule has 1 unspecified atom stereocenters. The van der Waals surface area contributed by atoms with Gasteiger partial charge in [0.15, 0.2) is 23.0 Å². The van der Waals surface area contributed by atoms with Gasteiger partial charge in [0.05, 0.1) is 38.0 Å². The summed E-state index contributed by atoms with van der Waals surface area (Å²) in [5, 5.41) is 29.6. The second-order valence-electron chi connectivity index (χ2n) is 7.27. The molecule has 3 rings (SSSR count). The molecule has 8 nitrogen and oxygen atoms in total. The fraction of sp³-hybridized carbons (Fsp3) is 0.280. The van der Waals surface area contributed by atoms with Crippen molar-refractivity contribution in [1.82, 2.24) is 4.90 Å². The van der Waals surface area contributed by atoms with E-state index in [1.807, 2.05) is 30.3 Å². The number of rotatable bonds is 11. The number of phenolic OH excluding ortho intramolecular Hbond substituents is 1. The van der Waals surface area contributed by atoms with Crippen molar-refractivity contribution in [2.75, 3.05) is 33.0 Å². The number of aliphatic hydroxyl groups is 2. The van der Waals surface area contributed by atoms with E-state index in [9.17, 15) is 19.8 Å². The molecule has 8 heteroatoms. The van der Waals surface area contributed by atoms with Gasteiger partial charge < -0.3 is 29.7 Å². The number of carbonyl (C=O) groups excluding carboxylic acids is 2. The second kappa shape index (κ2) is 11.3. The topological polar surface area (TPSA) is 117 Å². The lowest BCUT2D eigenvalue weighted by Gasteiger charge is -2.27. The van der Waals surface area contributed by atoms with E-state index in [1.54, 1.807) is 25.1 Å². The molecule has 0 fully saturated rings. The molecular weight excluding hydrogens is 426 g/mol. The molecule has 0 bridgehead atoms. The van der Waals surface area contributed by atoms with Gasteiger partial charge in [-0.05, 0) is 36.3 Å². The van der Waals surface area contributed by atoms with E-state index in [2.05, 4.69) is 0 Å². The van der Waals surface area contributed by atoms with Crippen molar-refractivity contribution < 1.29 is 34.4 Å². The van der Waals surface area contributed by atoms with Crippen LogP contribution in [0.3, 0.4) is 0 Å². The van der Waals surface area contributed by atoms with Crippen molar-refractivity contribution in [2.24, 2.45) is 0 Å². The number of hydrogen-bond donors (Lipinski definition) is 3. The number of amides is 1. The first-order valence-corrected chi connectivity index (χ1v) is 10.6. The lowest BCUT2D eigenvalue weighted by Crippen LogP contribution is -2.34. The van der Waals surface area contributed by atoms with E-state index < -0.39 is 23.5 Å². The van der Waals surface area contributed by atoms with Gasteiger partial charge in [-0.15, -0.1) is 0 Å². The molecule has 0 aliphatic carbocycles. The number of phenols is 1. The summed E-state index contributed by atoms with van der Waals surface area (Å²) in [6, 6.07) is 12.8. The molecule has 174 valence electrons. The summed E-state index contributed by atoms with van der Waals surface area (Å²) in [4.78, 5) is 27.3. The Kier molecular flexibility index (Phi) is 8.23. The molecule has 1 aliphatic rings. The van der Waals surface area contributed by atoms with Gasteiger partial charge in [-0.25, -0.2) is 0 Å². The summed E-state index contributed by atoms with van der Waals surface area (Å²) >= 11 is 0. The number of benzene rings is 2. The SMILES string of the molecule is CCOc1cc(C2C(C(=O)C=Cc3ccccc3)=C(O)C(=O)N2CCOCCO)ccc1O.